The molecule has 1 atom stereocenters. The van der Waals surface area contributed by atoms with E-state index in [4.69, 9.17) is 4.74 Å². The molecule has 0 aliphatic carbocycles. The number of aliphatic hydroxyl groups excluding tert-OH is 1. The van der Waals surface area contributed by atoms with Crippen LogP contribution < -0.4 is 0 Å². The predicted octanol–water partition coefficient (Wildman–Crippen LogP) is 1.75. The van der Waals surface area contributed by atoms with Crippen molar-refractivity contribution >= 4 is 5.97 Å². The lowest BCUT2D eigenvalue weighted by Gasteiger charge is -2.13. The van der Waals surface area contributed by atoms with Gasteiger partial charge in [-0.2, -0.15) is 0 Å². The number of ether oxygens (including phenoxy) is 1. The third-order valence-corrected chi connectivity index (χ3v) is 2.10. The van der Waals surface area contributed by atoms with Gasteiger partial charge in [-0.1, -0.05) is 44.2 Å². The Kier molecular flexibility index (Phi) is 4.31. The summed E-state index contributed by atoms with van der Waals surface area (Å²) in [6.07, 6.45) is -1.03. The van der Waals surface area contributed by atoms with Crippen LogP contribution in [0.25, 0.3) is 0 Å². The van der Waals surface area contributed by atoms with Gasteiger partial charge in [-0.15, -0.1) is 0 Å². The maximum absolute atomic E-state index is 11.3. The molecule has 0 spiro atoms. The fourth-order valence-corrected chi connectivity index (χ4v) is 1.09. The quantitative estimate of drug-likeness (QED) is 0.767. The molecule has 0 saturated carbocycles. The van der Waals surface area contributed by atoms with Gasteiger partial charge in [0.25, 0.3) is 0 Å². The molecule has 3 heteroatoms. The molecule has 0 heterocycles. The van der Waals surface area contributed by atoms with Gasteiger partial charge in [0, 0.05) is 0 Å². The van der Waals surface area contributed by atoms with E-state index in [-0.39, 0.29) is 12.5 Å². The summed E-state index contributed by atoms with van der Waals surface area (Å²) in [7, 11) is 0. The van der Waals surface area contributed by atoms with Crippen LogP contribution in [0.1, 0.15) is 19.4 Å². The minimum atomic E-state index is -1.03. The Hall–Kier alpha value is -1.35. The van der Waals surface area contributed by atoms with E-state index >= 15 is 0 Å². The van der Waals surface area contributed by atoms with Crippen LogP contribution in [0.15, 0.2) is 30.3 Å². The molecule has 0 unspecified atom stereocenters. The highest BCUT2D eigenvalue weighted by molar-refractivity contribution is 5.74. The van der Waals surface area contributed by atoms with E-state index in [2.05, 4.69) is 0 Å². The highest BCUT2D eigenvalue weighted by Gasteiger charge is 2.20. The standard InChI is InChI=1S/C12H16O3/c1-9(2)11(13)12(14)15-8-10-6-4-3-5-7-10/h3-7,9,11,13H,8H2,1-2H3/t11-/m1/s1. The Morgan fingerprint density at radius 3 is 2.47 bits per heavy atom. The van der Waals surface area contributed by atoms with Crippen LogP contribution in [-0.4, -0.2) is 17.2 Å². The smallest absolute Gasteiger partial charge is 0.335 e. The van der Waals surface area contributed by atoms with E-state index in [0.717, 1.165) is 5.56 Å². The number of aliphatic hydroxyl groups is 1. The number of benzene rings is 1. The second kappa shape index (κ2) is 5.51. The van der Waals surface area contributed by atoms with Crippen molar-refractivity contribution < 1.29 is 14.6 Å². The molecule has 0 aromatic heterocycles. The zero-order valence-corrected chi connectivity index (χ0v) is 9.01. The number of rotatable bonds is 4. The molecule has 15 heavy (non-hydrogen) atoms. The summed E-state index contributed by atoms with van der Waals surface area (Å²) < 4.78 is 4.96. The maximum Gasteiger partial charge on any atom is 0.335 e. The van der Waals surface area contributed by atoms with Crippen LogP contribution in [0, 0.1) is 5.92 Å². The van der Waals surface area contributed by atoms with Gasteiger partial charge in [-0.3, -0.25) is 0 Å². The fraction of sp³-hybridized carbons (Fsp3) is 0.417. The zero-order chi connectivity index (χ0) is 11.3. The summed E-state index contributed by atoms with van der Waals surface area (Å²) >= 11 is 0. The highest BCUT2D eigenvalue weighted by Crippen LogP contribution is 2.06. The number of hydrogen-bond acceptors (Lipinski definition) is 3. The van der Waals surface area contributed by atoms with Crippen LogP contribution in [0.2, 0.25) is 0 Å². The molecule has 0 radical (unpaired) electrons. The summed E-state index contributed by atoms with van der Waals surface area (Å²) in [5.41, 5.74) is 0.918. The van der Waals surface area contributed by atoms with Crippen molar-refractivity contribution in [1.29, 1.82) is 0 Å². The molecule has 82 valence electrons. The molecular weight excluding hydrogens is 192 g/mol. The molecule has 0 saturated heterocycles. The van der Waals surface area contributed by atoms with E-state index in [0.29, 0.717) is 0 Å². The van der Waals surface area contributed by atoms with Gasteiger partial charge in [0.1, 0.15) is 6.61 Å². The Morgan fingerprint density at radius 2 is 1.93 bits per heavy atom. The van der Waals surface area contributed by atoms with E-state index in [9.17, 15) is 9.90 Å². The van der Waals surface area contributed by atoms with Gasteiger partial charge in [-0.05, 0) is 11.5 Å². The lowest BCUT2D eigenvalue weighted by molar-refractivity contribution is -0.157. The first-order valence-electron chi connectivity index (χ1n) is 5.00. The van der Waals surface area contributed by atoms with Gasteiger partial charge < -0.3 is 9.84 Å². The molecule has 1 N–H and O–H groups in total. The van der Waals surface area contributed by atoms with Crippen molar-refractivity contribution in [2.75, 3.05) is 0 Å². The van der Waals surface area contributed by atoms with Crippen LogP contribution in [0.3, 0.4) is 0 Å². The Bertz CT molecular complexity index is 306. The van der Waals surface area contributed by atoms with Gasteiger partial charge in [0.05, 0.1) is 0 Å². The van der Waals surface area contributed by atoms with Crippen LogP contribution in [0.5, 0.6) is 0 Å². The maximum atomic E-state index is 11.3. The summed E-state index contributed by atoms with van der Waals surface area (Å²) in [5, 5.41) is 9.40. The summed E-state index contributed by atoms with van der Waals surface area (Å²) in [6, 6.07) is 9.39. The van der Waals surface area contributed by atoms with Gasteiger partial charge in [0.15, 0.2) is 6.10 Å². The van der Waals surface area contributed by atoms with Crippen molar-refractivity contribution in [3.8, 4) is 0 Å². The van der Waals surface area contributed by atoms with Crippen molar-refractivity contribution in [3.05, 3.63) is 35.9 Å². The second-order valence-electron chi connectivity index (χ2n) is 3.78. The van der Waals surface area contributed by atoms with Crippen molar-refractivity contribution in [2.45, 2.75) is 26.6 Å². The number of carbonyl (C=O) groups excluding carboxylic acids is 1. The average molecular weight is 208 g/mol. The van der Waals surface area contributed by atoms with Crippen molar-refractivity contribution in [1.82, 2.24) is 0 Å². The lowest BCUT2D eigenvalue weighted by Crippen LogP contribution is -2.27. The lowest BCUT2D eigenvalue weighted by atomic mass is 10.1. The summed E-state index contributed by atoms with van der Waals surface area (Å²) in [5.74, 6) is -0.679. The third-order valence-electron chi connectivity index (χ3n) is 2.10. The van der Waals surface area contributed by atoms with Crippen LogP contribution >= 0.6 is 0 Å². The van der Waals surface area contributed by atoms with E-state index in [1.54, 1.807) is 13.8 Å². The SMILES string of the molecule is CC(C)[C@@H](O)C(=O)OCc1ccccc1. The fourth-order valence-electron chi connectivity index (χ4n) is 1.09. The van der Waals surface area contributed by atoms with Crippen LogP contribution in [-0.2, 0) is 16.1 Å². The molecule has 0 aliphatic heterocycles. The van der Waals surface area contributed by atoms with E-state index < -0.39 is 12.1 Å². The first-order valence-corrected chi connectivity index (χ1v) is 5.00. The number of hydrogen-bond donors (Lipinski definition) is 1. The molecular formula is C12H16O3. The Morgan fingerprint density at radius 1 is 1.33 bits per heavy atom. The summed E-state index contributed by atoms with van der Waals surface area (Å²) in [4.78, 5) is 11.3. The average Bonchev–Trinajstić information content (AvgIpc) is 2.26. The molecule has 0 aliphatic rings. The van der Waals surface area contributed by atoms with Gasteiger partial charge in [0.2, 0.25) is 0 Å². The summed E-state index contributed by atoms with van der Waals surface area (Å²) in [6.45, 7) is 3.76. The first-order chi connectivity index (χ1) is 7.11. The van der Waals surface area contributed by atoms with Gasteiger partial charge in [-0.25, -0.2) is 4.79 Å². The Balaban J connectivity index is 2.41. The minimum absolute atomic E-state index is 0.117. The topological polar surface area (TPSA) is 46.5 Å². The molecule has 0 bridgehead atoms. The van der Waals surface area contributed by atoms with Gasteiger partial charge >= 0.3 is 5.97 Å². The number of carbonyl (C=O) groups is 1. The van der Waals surface area contributed by atoms with E-state index in [1.807, 2.05) is 30.3 Å². The molecule has 1 aromatic rings. The monoisotopic (exact) mass is 208 g/mol. The van der Waals surface area contributed by atoms with Crippen molar-refractivity contribution in [2.24, 2.45) is 5.92 Å². The minimum Gasteiger partial charge on any atom is -0.459 e. The Labute approximate surface area is 89.7 Å². The first kappa shape index (κ1) is 11.7. The largest absolute Gasteiger partial charge is 0.459 e. The molecule has 0 fully saturated rings. The third kappa shape index (κ3) is 3.72. The normalized spacial score (nSPS) is 12.5. The molecule has 1 aromatic carbocycles. The molecule has 1 rings (SSSR count). The highest BCUT2D eigenvalue weighted by atomic mass is 16.5. The van der Waals surface area contributed by atoms with Crippen LogP contribution in [0.4, 0.5) is 0 Å². The molecule has 0 amide bonds. The second-order valence-corrected chi connectivity index (χ2v) is 3.78. The predicted molar refractivity (Wildman–Crippen MR) is 57.1 cm³/mol. The van der Waals surface area contributed by atoms with Crippen molar-refractivity contribution in [3.63, 3.8) is 0 Å². The number of esters is 1. The zero-order valence-electron chi connectivity index (χ0n) is 9.01. The van der Waals surface area contributed by atoms with E-state index in [1.165, 1.54) is 0 Å². The molecule has 3 nitrogen and oxygen atoms in total.